The lowest BCUT2D eigenvalue weighted by Crippen LogP contribution is -2.36. The number of nitrogens with zero attached hydrogens (tertiary/aromatic N) is 1. The van der Waals surface area contributed by atoms with Gasteiger partial charge in [-0.15, -0.1) is 0 Å². The van der Waals surface area contributed by atoms with Crippen molar-refractivity contribution in [1.82, 2.24) is 5.32 Å². The van der Waals surface area contributed by atoms with Crippen molar-refractivity contribution in [3.05, 3.63) is 23.8 Å². The van der Waals surface area contributed by atoms with Crippen LogP contribution in [-0.4, -0.2) is 31.1 Å². The molecule has 0 aliphatic carbocycles. The van der Waals surface area contributed by atoms with Gasteiger partial charge in [-0.25, -0.2) is 0 Å². The highest BCUT2D eigenvalue weighted by molar-refractivity contribution is 5.99. The molecule has 0 radical (unpaired) electrons. The van der Waals surface area contributed by atoms with Gasteiger partial charge in [-0.3, -0.25) is 4.79 Å². The van der Waals surface area contributed by atoms with Crippen LogP contribution in [0.3, 0.4) is 0 Å². The molecule has 1 aliphatic rings. The van der Waals surface area contributed by atoms with Crippen molar-refractivity contribution < 1.29 is 19.1 Å². The van der Waals surface area contributed by atoms with Crippen LogP contribution >= 0.6 is 0 Å². The van der Waals surface area contributed by atoms with Crippen LogP contribution in [0.5, 0.6) is 11.5 Å². The lowest BCUT2D eigenvalue weighted by atomic mass is 10.1. The average molecular weight is 306 g/mol. The van der Waals surface area contributed by atoms with Crippen LogP contribution in [0.2, 0.25) is 0 Å². The standard InChI is InChI=1S/C16H22N2O4/c1-4-13(5-2)17-16(19)9-22-18-11(3)12-6-7-14-15(8-12)21-10-20-14/h6-8,13H,4-5,9-10H2,1-3H3,(H,17,19)/b18-11-. The number of amides is 1. The summed E-state index contributed by atoms with van der Waals surface area (Å²) < 4.78 is 10.6. The molecule has 1 aliphatic heterocycles. The van der Waals surface area contributed by atoms with Crippen molar-refractivity contribution in [3.8, 4) is 11.5 Å². The van der Waals surface area contributed by atoms with E-state index in [2.05, 4.69) is 10.5 Å². The smallest absolute Gasteiger partial charge is 0.260 e. The molecule has 6 heteroatoms. The van der Waals surface area contributed by atoms with E-state index in [4.69, 9.17) is 14.3 Å². The van der Waals surface area contributed by atoms with Gasteiger partial charge in [0, 0.05) is 11.6 Å². The van der Waals surface area contributed by atoms with Gasteiger partial charge >= 0.3 is 0 Å². The minimum absolute atomic E-state index is 0.0849. The molecule has 0 fully saturated rings. The van der Waals surface area contributed by atoms with Gasteiger partial charge in [-0.05, 0) is 38.0 Å². The zero-order valence-electron chi connectivity index (χ0n) is 13.2. The number of hydrogen-bond donors (Lipinski definition) is 1. The third-order valence-electron chi connectivity index (χ3n) is 3.54. The number of carbonyl (C=O) groups excluding carboxylic acids is 1. The minimum Gasteiger partial charge on any atom is -0.454 e. The van der Waals surface area contributed by atoms with Gasteiger partial charge < -0.3 is 19.6 Å². The molecule has 0 spiro atoms. The lowest BCUT2D eigenvalue weighted by Gasteiger charge is -2.13. The quantitative estimate of drug-likeness (QED) is 0.620. The largest absolute Gasteiger partial charge is 0.454 e. The fourth-order valence-corrected chi connectivity index (χ4v) is 2.12. The summed E-state index contributed by atoms with van der Waals surface area (Å²) in [4.78, 5) is 16.8. The molecule has 6 nitrogen and oxygen atoms in total. The Hall–Kier alpha value is -2.24. The molecular formula is C16H22N2O4. The first-order valence-electron chi connectivity index (χ1n) is 7.50. The van der Waals surface area contributed by atoms with Gasteiger partial charge in [0.25, 0.3) is 5.91 Å². The van der Waals surface area contributed by atoms with E-state index in [1.54, 1.807) is 0 Å². The fourth-order valence-electron chi connectivity index (χ4n) is 2.12. The fraction of sp³-hybridized carbons (Fsp3) is 0.500. The predicted molar refractivity (Wildman–Crippen MR) is 83.2 cm³/mol. The maximum absolute atomic E-state index is 11.7. The SMILES string of the molecule is CCC(CC)NC(=O)CO/N=C(/C)c1ccc2c(c1)OCO2. The Morgan fingerprint density at radius 3 is 2.77 bits per heavy atom. The Bertz CT molecular complexity index is 553. The molecule has 1 amide bonds. The van der Waals surface area contributed by atoms with E-state index in [9.17, 15) is 4.79 Å². The maximum atomic E-state index is 11.7. The van der Waals surface area contributed by atoms with Gasteiger partial charge in [0.15, 0.2) is 18.1 Å². The molecule has 0 saturated heterocycles. The van der Waals surface area contributed by atoms with Crippen LogP contribution < -0.4 is 14.8 Å². The van der Waals surface area contributed by atoms with Crippen molar-refractivity contribution in [2.75, 3.05) is 13.4 Å². The van der Waals surface area contributed by atoms with E-state index < -0.39 is 0 Å². The van der Waals surface area contributed by atoms with Crippen LogP contribution in [0.4, 0.5) is 0 Å². The first-order chi connectivity index (χ1) is 10.6. The summed E-state index contributed by atoms with van der Waals surface area (Å²) >= 11 is 0. The second kappa shape index (κ2) is 7.68. The minimum atomic E-state index is -0.157. The van der Waals surface area contributed by atoms with Crippen LogP contribution in [0.25, 0.3) is 0 Å². The molecule has 0 saturated carbocycles. The van der Waals surface area contributed by atoms with Crippen molar-refractivity contribution in [3.63, 3.8) is 0 Å². The van der Waals surface area contributed by atoms with E-state index in [-0.39, 0.29) is 25.3 Å². The topological polar surface area (TPSA) is 69.2 Å². The first kappa shape index (κ1) is 16.1. The Balaban J connectivity index is 1.86. The van der Waals surface area contributed by atoms with E-state index in [1.165, 1.54) is 0 Å². The molecule has 0 unspecified atom stereocenters. The van der Waals surface area contributed by atoms with Gasteiger partial charge in [0.2, 0.25) is 6.79 Å². The summed E-state index contributed by atoms with van der Waals surface area (Å²) in [7, 11) is 0. The predicted octanol–water partition coefficient (Wildman–Crippen LogP) is 2.46. The van der Waals surface area contributed by atoms with Crippen LogP contribution in [0.15, 0.2) is 23.4 Å². The monoisotopic (exact) mass is 306 g/mol. The van der Waals surface area contributed by atoms with Gasteiger partial charge in [0.05, 0.1) is 5.71 Å². The summed E-state index contributed by atoms with van der Waals surface area (Å²) in [6, 6.07) is 5.74. The Labute approximate surface area is 130 Å². The number of fused-ring (bicyclic) bond motifs is 1. The highest BCUT2D eigenvalue weighted by Crippen LogP contribution is 2.32. The second-order valence-electron chi connectivity index (χ2n) is 5.10. The number of hydrogen-bond acceptors (Lipinski definition) is 5. The number of rotatable bonds is 7. The van der Waals surface area contributed by atoms with Crippen LogP contribution in [-0.2, 0) is 9.63 Å². The molecule has 1 aromatic carbocycles. The number of oxime groups is 1. The van der Waals surface area contributed by atoms with Gasteiger partial charge in [0.1, 0.15) is 0 Å². The maximum Gasteiger partial charge on any atom is 0.260 e. The third-order valence-corrected chi connectivity index (χ3v) is 3.54. The van der Waals surface area contributed by atoms with E-state index in [0.29, 0.717) is 11.5 Å². The van der Waals surface area contributed by atoms with Crippen molar-refractivity contribution in [2.24, 2.45) is 5.16 Å². The molecule has 0 aromatic heterocycles. The summed E-state index contributed by atoms with van der Waals surface area (Å²) in [6.45, 7) is 6.05. The van der Waals surface area contributed by atoms with Crippen LogP contribution in [0, 0.1) is 0 Å². The van der Waals surface area contributed by atoms with Crippen molar-refractivity contribution >= 4 is 11.6 Å². The molecule has 22 heavy (non-hydrogen) atoms. The zero-order valence-corrected chi connectivity index (χ0v) is 13.2. The van der Waals surface area contributed by atoms with Crippen LogP contribution in [0.1, 0.15) is 39.2 Å². The van der Waals surface area contributed by atoms with E-state index in [0.717, 1.165) is 24.2 Å². The molecule has 1 N–H and O–H groups in total. The van der Waals surface area contributed by atoms with Gasteiger partial charge in [-0.2, -0.15) is 0 Å². The van der Waals surface area contributed by atoms with Crippen molar-refractivity contribution in [2.45, 2.75) is 39.7 Å². The molecule has 1 aromatic rings. The number of benzene rings is 1. The van der Waals surface area contributed by atoms with E-state index >= 15 is 0 Å². The Morgan fingerprint density at radius 2 is 2.05 bits per heavy atom. The lowest BCUT2D eigenvalue weighted by molar-refractivity contribution is -0.126. The van der Waals surface area contributed by atoms with E-state index in [1.807, 2.05) is 39.0 Å². The molecular weight excluding hydrogens is 284 g/mol. The highest BCUT2D eigenvalue weighted by atomic mass is 16.7. The molecule has 120 valence electrons. The highest BCUT2D eigenvalue weighted by Gasteiger charge is 2.14. The summed E-state index contributed by atoms with van der Waals surface area (Å²) in [5, 5.41) is 6.87. The average Bonchev–Trinajstić information content (AvgIpc) is 2.99. The number of carbonyl (C=O) groups is 1. The normalized spacial score (nSPS) is 13.4. The first-order valence-corrected chi connectivity index (χ1v) is 7.50. The molecule has 0 atom stereocenters. The Morgan fingerprint density at radius 1 is 1.32 bits per heavy atom. The van der Waals surface area contributed by atoms with Gasteiger partial charge in [-0.1, -0.05) is 19.0 Å². The number of nitrogens with one attached hydrogen (secondary N) is 1. The second-order valence-corrected chi connectivity index (χ2v) is 5.10. The molecule has 1 heterocycles. The summed E-state index contributed by atoms with van der Waals surface area (Å²) in [6.07, 6.45) is 1.81. The zero-order chi connectivity index (χ0) is 15.9. The summed E-state index contributed by atoms with van der Waals surface area (Å²) in [5.41, 5.74) is 1.54. The molecule has 2 rings (SSSR count). The number of ether oxygens (including phenoxy) is 2. The summed E-state index contributed by atoms with van der Waals surface area (Å²) in [5.74, 6) is 1.26. The van der Waals surface area contributed by atoms with Crippen molar-refractivity contribution in [1.29, 1.82) is 0 Å². The Kier molecular flexibility index (Phi) is 5.63. The molecule has 0 bridgehead atoms. The third kappa shape index (κ3) is 4.13.